The van der Waals surface area contributed by atoms with Crippen LogP contribution in [-0.4, -0.2) is 35.1 Å². The van der Waals surface area contributed by atoms with Gasteiger partial charge in [-0.05, 0) is 0 Å². The Morgan fingerprint density at radius 1 is 1.25 bits per heavy atom. The lowest BCUT2D eigenvalue weighted by Crippen LogP contribution is -2.17. The molecule has 2 aromatic heterocycles. The first-order chi connectivity index (χ1) is 11.3. The van der Waals surface area contributed by atoms with E-state index < -0.39 is 5.91 Å². The summed E-state index contributed by atoms with van der Waals surface area (Å²) in [7, 11) is 2.79. The van der Waals surface area contributed by atoms with Crippen molar-refractivity contribution in [2.24, 2.45) is 0 Å². The highest BCUT2D eigenvalue weighted by atomic mass is 32.1. The number of nitrogens with one attached hydrogen (secondary N) is 1. The van der Waals surface area contributed by atoms with E-state index in [1.807, 2.05) is 20.8 Å². The number of thiazole rings is 1. The van der Waals surface area contributed by atoms with E-state index in [1.54, 1.807) is 0 Å². The van der Waals surface area contributed by atoms with Crippen molar-refractivity contribution in [3.8, 4) is 17.8 Å². The van der Waals surface area contributed by atoms with Crippen molar-refractivity contribution in [3.63, 3.8) is 0 Å². The smallest absolute Gasteiger partial charge is 0.268 e. The molecular weight excluding hydrogens is 330 g/mol. The van der Waals surface area contributed by atoms with Crippen molar-refractivity contribution >= 4 is 22.4 Å². The zero-order chi connectivity index (χ0) is 17.9. The number of hydrogen-bond acceptors (Lipinski definition) is 8. The molecule has 2 heterocycles. The van der Waals surface area contributed by atoms with E-state index in [-0.39, 0.29) is 22.7 Å². The monoisotopic (exact) mass is 347 g/mol. The average molecular weight is 347 g/mol. The summed E-state index contributed by atoms with van der Waals surface area (Å²) >= 11 is 1.11. The molecule has 126 valence electrons. The van der Waals surface area contributed by atoms with Gasteiger partial charge in [-0.25, -0.2) is 15.0 Å². The van der Waals surface area contributed by atoms with Crippen LogP contribution in [0.2, 0.25) is 0 Å². The van der Waals surface area contributed by atoms with Crippen molar-refractivity contribution in [1.82, 2.24) is 15.0 Å². The lowest BCUT2D eigenvalue weighted by molar-refractivity contribution is 0.101. The number of carbonyl (C=O) groups excluding carboxylic acids is 1. The van der Waals surface area contributed by atoms with Crippen molar-refractivity contribution in [3.05, 3.63) is 22.5 Å². The summed E-state index contributed by atoms with van der Waals surface area (Å²) in [6, 6.07) is 2.11. The zero-order valence-corrected chi connectivity index (χ0v) is 14.8. The third kappa shape index (κ3) is 3.44. The molecule has 2 rings (SSSR count). The number of rotatable bonds is 4. The quantitative estimate of drug-likeness (QED) is 0.904. The molecule has 0 atom stereocenters. The van der Waals surface area contributed by atoms with E-state index in [0.29, 0.717) is 15.7 Å². The number of nitriles is 1. The summed E-state index contributed by atoms with van der Waals surface area (Å²) in [5.41, 5.74) is 0.387. The fourth-order valence-electron chi connectivity index (χ4n) is 1.98. The van der Waals surface area contributed by atoms with Gasteiger partial charge in [0, 0.05) is 5.41 Å². The van der Waals surface area contributed by atoms with Gasteiger partial charge in [0.25, 0.3) is 5.91 Å². The molecule has 0 unspecified atom stereocenters. The molecule has 0 bridgehead atoms. The van der Waals surface area contributed by atoms with Crippen LogP contribution in [0, 0.1) is 11.3 Å². The van der Waals surface area contributed by atoms with E-state index >= 15 is 0 Å². The minimum absolute atomic E-state index is 0.0634. The van der Waals surface area contributed by atoms with Crippen LogP contribution in [0.4, 0.5) is 5.13 Å². The first-order valence-corrected chi connectivity index (χ1v) is 7.79. The maximum atomic E-state index is 12.6. The summed E-state index contributed by atoms with van der Waals surface area (Å²) in [6.07, 6.45) is 1.24. The zero-order valence-electron chi connectivity index (χ0n) is 14.0. The van der Waals surface area contributed by atoms with Crippen molar-refractivity contribution in [2.45, 2.75) is 26.2 Å². The molecule has 0 spiro atoms. The Kier molecular flexibility index (Phi) is 4.99. The topological polar surface area (TPSA) is 110 Å². The number of amides is 1. The van der Waals surface area contributed by atoms with Gasteiger partial charge in [0.05, 0.1) is 19.9 Å². The third-order valence-electron chi connectivity index (χ3n) is 3.05. The average Bonchev–Trinajstić information content (AvgIpc) is 2.97. The summed E-state index contributed by atoms with van der Waals surface area (Å²) < 4.78 is 10.2. The molecule has 0 aliphatic carbocycles. The Hall–Kier alpha value is -2.73. The maximum absolute atomic E-state index is 12.6. The van der Waals surface area contributed by atoms with Crippen LogP contribution in [-0.2, 0) is 5.41 Å². The Morgan fingerprint density at radius 3 is 2.25 bits per heavy atom. The Labute approximate surface area is 143 Å². The molecule has 0 aliphatic heterocycles. The number of anilines is 1. The van der Waals surface area contributed by atoms with Gasteiger partial charge < -0.3 is 9.47 Å². The molecule has 1 amide bonds. The largest absolute Gasteiger partial charge is 0.480 e. The van der Waals surface area contributed by atoms with E-state index in [4.69, 9.17) is 9.47 Å². The fraction of sp³-hybridized carbons (Fsp3) is 0.400. The second-order valence-electron chi connectivity index (χ2n) is 5.78. The standard InChI is InChI=1S/C15H17N5O3S/c1-15(2,3)10-8(6-16)24-14(19-10)20-11(21)9-12(22-4)17-7-18-13(9)23-5/h7H,1-5H3,(H,19,20,21). The number of hydrogen-bond donors (Lipinski definition) is 1. The summed E-state index contributed by atoms with van der Waals surface area (Å²) in [4.78, 5) is 25.2. The van der Waals surface area contributed by atoms with Crippen LogP contribution in [0.15, 0.2) is 6.33 Å². The van der Waals surface area contributed by atoms with Gasteiger partial charge in [0.2, 0.25) is 11.8 Å². The molecule has 24 heavy (non-hydrogen) atoms. The van der Waals surface area contributed by atoms with E-state index in [0.717, 1.165) is 11.3 Å². The van der Waals surface area contributed by atoms with Gasteiger partial charge in [-0.3, -0.25) is 10.1 Å². The van der Waals surface area contributed by atoms with E-state index in [1.165, 1.54) is 20.5 Å². The number of ether oxygens (including phenoxy) is 2. The predicted octanol–water partition coefficient (Wildman–Crippen LogP) is 2.37. The maximum Gasteiger partial charge on any atom is 0.268 e. The highest BCUT2D eigenvalue weighted by Crippen LogP contribution is 2.32. The SMILES string of the molecule is COc1ncnc(OC)c1C(=O)Nc1nc(C(C)(C)C)c(C#N)s1. The Morgan fingerprint density at radius 2 is 1.83 bits per heavy atom. The van der Waals surface area contributed by atoms with Gasteiger partial charge in [0.15, 0.2) is 10.7 Å². The van der Waals surface area contributed by atoms with Crippen LogP contribution in [0.5, 0.6) is 11.8 Å². The molecule has 0 radical (unpaired) electrons. The molecule has 9 heteroatoms. The Bertz CT molecular complexity index is 782. The summed E-state index contributed by atoms with van der Waals surface area (Å²) in [6.45, 7) is 5.85. The summed E-state index contributed by atoms with van der Waals surface area (Å²) in [5, 5.41) is 12.2. The lowest BCUT2D eigenvalue weighted by atomic mass is 9.91. The molecule has 8 nitrogen and oxygen atoms in total. The highest BCUT2D eigenvalue weighted by molar-refractivity contribution is 7.16. The summed E-state index contributed by atoms with van der Waals surface area (Å²) in [5.74, 6) is -0.345. The molecule has 2 aromatic rings. The van der Waals surface area contributed by atoms with Crippen LogP contribution < -0.4 is 14.8 Å². The van der Waals surface area contributed by atoms with Crippen molar-refractivity contribution < 1.29 is 14.3 Å². The van der Waals surface area contributed by atoms with Gasteiger partial charge in [-0.1, -0.05) is 32.1 Å². The van der Waals surface area contributed by atoms with Gasteiger partial charge in [-0.15, -0.1) is 0 Å². The van der Waals surface area contributed by atoms with E-state index in [9.17, 15) is 10.1 Å². The number of methoxy groups -OCH3 is 2. The number of nitrogens with zero attached hydrogens (tertiary/aromatic N) is 4. The van der Waals surface area contributed by atoms with Crippen molar-refractivity contribution in [1.29, 1.82) is 5.26 Å². The number of aromatic nitrogens is 3. The molecule has 0 fully saturated rings. The van der Waals surface area contributed by atoms with Gasteiger partial charge in [0.1, 0.15) is 17.3 Å². The van der Waals surface area contributed by atoms with Gasteiger partial charge >= 0.3 is 0 Å². The predicted molar refractivity (Wildman–Crippen MR) is 88.6 cm³/mol. The van der Waals surface area contributed by atoms with Crippen LogP contribution in [0.3, 0.4) is 0 Å². The molecule has 0 saturated heterocycles. The molecular formula is C15H17N5O3S. The first-order valence-electron chi connectivity index (χ1n) is 6.97. The van der Waals surface area contributed by atoms with Crippen LogP contribution in [0.25, 0.3) is 0 Å². The lowest BCUT2D eigenvalue weighted by Gasteiger charge is -2.15. The second kappa shape index (κ2) is 6.80. The fourth-order valence-corrected chi connectivity index (χ4v) is 2.94. The first kappa shape index (κ1) is 17.6. The second-order valence-corrected chi connectivity index (χ2v) is 6.78. The Balaban J connectivity index is 2.38. The van der Waals surface area contributed by atoms with Crippen LogP contribution >= 0.6 is 11.3 Å². The van der Waals surface area contributed by atoms with Gasteiger partial charge in [-0.2, -0.15) is 5.26 Å². The van der Waals surface area contributed by atoms with Crippen molar-refractivity contribution in [2.75, 3.05) is 19.5 Å². The highest BCUT2D eigenvalue weighted by Gasteiger charge is 2.26. The normalized spacial score (nSPS) is 10.8. The molecule has 1 N–H and O–H groups in total. The number of carbonyl (C=O) groups is 1. The van der Waals surface area contributed by atoms with E-state index in [2.05, 4.69) is 26.3 Å². The minimum Gasteiger partial charge on any atom is -0.480 e. The van der Waals surface area contributed by atoms with Crippen LogP contribution in [0.1, 0.15) is 41.7 Å². The molecule has 0 aliphatic rings. The minimum atomic E-state index is -0.525. The molecule has 0 aromatic carbocycles. The third-order valence-corrected chi connectivity index (χ3v) is 3.93. The molecule has 0 saturated carbocycles.